The van der Waals surface area contributed by atoms with Crippen molar-refractivity contribution < 1.29 is 8.42 Å². The average molecular weight is 337 g/mol. The lowest BCUT2D eigenvalue weighted by atomic mass is 10.2. The Morgan fingerprint density at radius 3 is 2.71 bits per heavy atom. The Balaban J connectivity index is 2.33. The minimum atomic E-state index is -3.09. The van der Waals surface area contributed by atoms with E-state index in [2.05, 4.69) is 26.6 Å². The van der Waals surface area contributed by atoms with Gasteiger partial charge >= 0.3 is 0 Å². The number of sulfonamides is 1. The quantitative estimate of drug-likeness (QED) is 0.346. The molecular weight excluding hydrogens is 308 g/mol. The van der Waals surface area contributed by atoms with Crippen molar-refractivity contribution in [3.8, 4) is 0 Å². The van der Waals surface area contributed by atoms with Crippen LogP contribution in [0.4, 0.5) is 0 Å². The lowest BCUT2D eigenvalue weighted by molar-refractivity contribution is 0.585. The molecular formula is C13H28N4O2S2. The van der Waals surface area contributed by atoms with Gasteiger partial charge in [0.25, 0.3) is 0 Å². The summed E-state index contributed by atoms with van der Waals surface area (Å²) in [6, 6.07) is 0.495. The van der Waals surface area contributed by atoms with Gasteiger partial charge < -0.3 is 10.6 Å². The lowest BCUT2D eigenvalue weighted by Gasteiger charge is -2.17. The minimum Gasteiger partial charge on any atom is -0.357 e. The summed E-state index contributed by atoms with van der Waals surface area (Å²) in [5.74, 6) is 0.837. The molecule has 0 saturated heterocycles. The Morgan fingerprint density at radius 2 is 2.14 bits per heavy atom. The monoisotopic (exact) mass is 336 g/mol. The van der Waals surface area contributed by atoms with Gasteiger partial charge in [0.05, 0.1) is 6.26 Å². The van der Waals surface area contributed by atoms with Crippen LogP contribution in [0.15, 0.2) is 4.99 Å². The third-order valence-corrected chi connectivity index (χ3v) is 5.20. The Labute approximate surface area is 133 Å². The number of hydrogen-bond acceptors (Lipinski definition) is 4. The van der Waals surface area contributed by atoms with E-state index in [-0.39, 0.29) is 0 Å². The Morgan fingerprint density at radius 1 is 1.38 bits per heavy atom. The summed E-state index contributed by atoms with van der Waals surface area (Å²) in [6.45, 7) is 3.91. The van der Waals surface area contributed by atoms with E-state index in [0.717, 1.165) is 17.8 Å². The van der Waals surface area contributed by atoms with E-state index >= 15 is 0 Å². The van der Waals surface area contributed by atoms with Gasteiger partial charge in [-0.15, -0.1) is 0 Å². The number of guanidine groups is 1. The Bertz CT molecular complexity index is 426. The molecule has 1 saturated carbocycles. The van der Waals surface area contributed by atoms with Crippen molar-refractivity contribution in [3.63, 3.8) is 0 Å². The van der Waals surface area contributed by atoms with Crippen LogP contribution in [-0.4, -0.2) is 57.8 Å². The summed E-state index contributed by atoms with van der Waals surface area (Å²) < 4.78 is 24.4. The van der Waals surface area contributed by atoms with Crippen molar-refractivity contribution >= 4 is 27.7 Å². The molecule has 0 amide bonds. The summed E-state index contributed by atoms with van der Waals surface area (Å²) >= 11 is 1.94. The number of rotatable bonds is 8. The topological polar surface area (TPSA) is 82.6 Å². The zero-order valence-electron chi connectivity index (χ0n) is 13.2. The summed E-state index contributed by atoms with van der Waals surface area (Å²) in [6.07, 6.45) is 7.66. The predicted molar refractivity (Wildman–Crippen MR) is 91.5 cm³/mol. The van der Waals surface area contributed by atoms with Gasteiger partial charge in [-0.2, -0.15) is 11.8 Å². The van der Waals surface area contributed by atoms with Crippen molar-refractivity contribution in [3.05, 3.63) is 0 Å². The van der Waals surface area contributed by atoms with Gasteiger partial charge in [-0.3, -0.25) is 4.99 Å². The van der Waals surface area contributed by atoms with Gasteiger partial charge in [0, 0.05) is 30.9 Å². The number of aliphatic imine (C=N–C) groups is 1. The van der Waals surface area contributed by atoms with E-state index in [4.69, 9.17) is 0 Å². The van der Waals surface area contributed by atoms with E-state index in [1.54, 1.807) is 0 Å². The van der Waals surface area contributed by atoms with E-state index < -0.39 is 10.0 Å². The van der Waals surface area contributed by atoms with Crippen LogP contribution >= 0.6 is 11.8 Å². The van der Waals surface area contributed by atoms with Crippen LogP contribution in [0.2, 0.25) is 0 Å². The third-order valence-electron chi connectivity index (χ3n) is 3.37. The smallest absolute Gasteiger partial charge is 0.208 e. The number of thioether (sulfide) groups is 1. The largest absolute Gasteiger partial charge is 0.357 e. The maximum atomic E-state index is 10.9. The summed E-state index contributed by atoms with van der Waals surface area (Å²) in [7, 11) is -3.09. The predicted octanol–water partition coefficient (Wildman–Crippen LogP) is 0.765. The second kappa shape index (κ2) is 9.53. The molecule has 1 aliphatic carbocycles. The first-order chi connectivity index (χ1) is 9.94. The zero-order chi connectivity index (χ0) is 15.7. The van der Waals surface area contributed by atoms with Gasteiger partial charge in [-0.1, -0.05) is 0 Å². The van der Waals surface area contributed by atoms with E-state index in [9.17, 15) is 8.42 Å². The number of nitrogens with zero attached hydrogens (tertiary/aromatic N) is 1. The van der Waals surface area contributed by atoms with E-state index in [1.165, 1.54) is 25.5 Å². The molecule has 21 heavy (non-hydrogen) atoms. The summed E-state index contributed by atoms with van der Waals surface area (Å²) in [5, 5.41) is 7.47. The standard InChI is InChI=1S/C13H28N4O2S2/c1-4-14-13(15-8-5-9-16-21(3,18)19)17-11-6-7-12(10-11)20-2/h11-12,16H,4-10H2,1-3H3,(H2,14,15,17). The van der Waals surface area contributed by atoms with Crippen LogP contribution in [0.25, 0.3) is 0 Å². The fourth-order valence-corrected chi connectivity index (χ4v) is 3.64. The molecule has 1 fully saturated rings. The molecule has 0 aliphatic heterocycles. The first-order valence-electron chi connectivity index (χ1n) is 7.47. The molecule has 1 rings (SSSR count). The van der Waals surface area contributed by atoms with Crippen LogP contribution in [0.5, 0.6) is 0 Å². The highest BCUT2D eigenvalue weighted by molar-refractivity contribution is 7.99. The molecule has 0 aromatic rings. The maximum Gasteiger partial charge on any atom is 0.208 e. The zero-order valence-corrected chi connectivity index (χ0v) is 14.8. The average Bonchev–Trinajstić information content (AvgIpc) is 2.85. The van der Waals surface area contributed by atoms with Crippen LogP contribution in [0.3, 0.4) is 0 Å². The van der Waals surface area contributed by atoms with Crippen molar-refractivity contribution in [2.75, 3.05) is 32.1 Å². The van der Waals surface area contributed by atoms with Gasteiger partial charge in [-0.25, -0.2) is 13.1 Å². The van der Waals surface area contributed by atoms with Crippen molar-refractivity contribution in [2.24, 2.45) is 4.99 Å². The number of hydrogen-bond donors (Lipinski definition) is 3. The van der Waals surface area contributed by atoms with Gasteiger partial charge in [0.2, 0.25) is 10.0 Å². The molecule has 0 heterocycles. The van der Waals surface area contributed by atoms with E-state index in [1.807, 2.05) is 18.7 Å². The number of nitrogens with one attached hydrogen (secondary N) is 3. The first kappa shape index (κ1) is 18.6. The van der Waals surface area contributed by atoms with Crippen LogP contribution < -0.4 is 15.4 Å². The molecule has 2 atom stereocenters. The minimum absolute atomic E-state index is 0.430. The highest BCUT2D eigenvalue weighted by atomic mass is 32.2. The summed E-state index contributed by atoms with van der Waals surface area (Å²) in [5.41, 5.74) is 0. The van der Waals surface area contributed by atoms with Crippen LogP contribution in [0.1, 0.15) is 32.6 Å². The fourth-order valence-electron chi connectivity index (χ4n) is 2.33. The van der Waals surface area contributed by atoms with Gasteiger partial charge in [0.1, 0.15) is 0 Å². The van der Waals surface area contributed by atoms with Crippen molar-refractivity contribution in [2.45, 2.75) is 43.9 Å². The third kappa shape index (κ3) is 8.53. The lowest BCUT2D eigenvalue weighted by Crippen LogP contribution is -2.42. The second-order valence-electron chi connectivity index (χ2n) is 5.29. The van der Waals surface area contributed by atoms with Gasteiger partial charge in [-0.05, 0) is 38.9 Å². The Kier molecular flexibility index (Phi) is 8.43. The molecule has 2 unspecified atom stereocenters. The highest BCUT2D eigenvalue weighted by Gasteiger charge is 2.24. The molecule has 6 nitrogen and oxygen atoms in total. The van der Waals surface area contributed by atoms with Crippen LogP contribution in [0, 0.1) is 0 Å². The van der Waals surface area contributed by atoms with Crippen molar-refractivity contribution in [1.29, 1.82) is 0 Å². The second-order valence-corrected chi connectivity index (χ2v) is 8.26. The highest BCUT2D eigenvalue weighted by Crippen LogP contribution is 2.27. The van der Waals surface area contributed by atoms with E-state index in [0.29, 0.717) is 25.6 Å². The first-order valence-corrected chi connectivity index (χ1v) is 10.6. The SMILES string of the molecule is CCNC(=NCCCNS(C)(=O)=O)NC1CCC(SC)C1. The molecule has 8 heteroatoms. The Hall–Kier alpha value is -0.470. The maximum absolute atomic E-state index is 10.9. The van der Waals surface area contributed by atoms with Crippen molar-refractivity contribution in [1.82, 2.24) is 15.4 Å². The molecule has 3 N–H and O–H groups in total. The molecule has 0 aromatic carbocycles. The van der Waals surface area contributed by atoms with Gasteiger partial charge in [0.15, 0.2) is 5.96 Å². The molecule has 0 radical (unpaired) electrons. The molecule has 124 valence electrons. The fraction of sp³-hybridized carbons (Fsp3) is 0.923. The summed E-state index contributed by atoms with van der Waals surface area (Å²) in [4.78, 5) is 4.50. The molecule has 1 aliphatic rings. The molecule has 0 aromatic heterocycles. The molecule has 0 spiro atoms. The normalized spacial score (nSPS) is 23.3. The van der Waals surface area contributed by atoms with Crippen LogP contribution in [-0.2, 0) is 10.0 Å². The molecule has 0 bridgehead atoms.